The molecule has 4 N–H and O–H groups in total. The van der Waals surface area contributed by atoms with E-state index in [-0.39, 0.29) is 12.0 Å². The van der Waals surface area contributed by atoms with E-state index in [2.05, 4.69) is 0 Å². The zero-order chi connectivity index (χ0) is 7.02. The van der Waals surface area contributed by atoms with Crippen molar-refractivity contribution < 1.29 is 10.2 Å². The summed E-state index contributed by atoms with van der Waals surface area (Å²) in [5.41, 5.74) is 5.45. The molecule has 0 amide bonds. The van der Waals surface area contributed by atoms with Gasteiger partial charge in [-0.3, -0.25) is 0 Å². The molecule has 1 aliphatic rings. The van der Waals surface area contributed by atoms with E-state index in [1.165, 1.54) is 0 Å². The largest absolute Gasteiger partial charge is 0.390 e. The molecule has 3 heteroatoms. The second-order valence-electron chi connectivity index (χ2n) is 2.86. The molecule has 0 saturated heterocycles. The van der Waals surface area contributed by atoms with Crippen LogP contribution >= 0.6 is 0 Å². The molecular weight excluding hydrogens is 118 g/mol. The lowest BCUT2D eigenvalue weighted by Gasteiger charge is -2.11. The van der Waals surface area contributed by atoms with Crippen LogP contribution in [0.4, 0.5) is 0 Å². The molecule has 0 bridgehead atoms. The number of hydrogen-bond acceptors (Lipinski definition) is 3. The first-order valence-corrected chi connectivity index (χ1v) is 3.24. The summed E-state index contributed by atoms with van der Waals surface area (Å²) in [5, 5.41) is 18.2. The van der Waals surface area contributed by atoms with Gasteiger partial charge in [-0.2, -0.15) is 0 Å². The van der Waals surface area contributed by atoms with Crippen molar-refractivity contribution in [3.63, 3.8) is 0 Å². The topological polar surface area (TPSA) is 66.5 Å². The maximum absolute atomic E-state index is 9.11. The predicted octanol–water partition coefficient (Wildman–Crippen LogP) is -0.925. The molecule has 0 aliphatic heterocycles. The Kier molecular flexibility index (Phi) is 1.75. The van der Waals surface area contributed by atoms with Gasteiger partial charge in [0, 0.05) is 6.04 Å². The fourth-order valence-corrected chi connectivity index (χ4v) is 1.30. The van der Waals surface area contributed by atoms with E-state index in [4.69, 9.17) is 15.9 Å². The normalized spacial score (nSPS) is 52.0. The third-order valence-electron chi connectivity index (χ3n) is 2.02. The van der Waals surface area contributed by atoms with Gasteiger partial charge in [-0.15, -0.1) is 0 Å². The minimum atomic E-state index is -0.708. The summed E-state index contributed by atoms with van der Waals surface area (Å²) in [6.45, 7) is 1.89. The van der Waals surface area contributed by atoms with Crippen LogP contribution in [0.1, 0.15) is 13.3 Å². The predicted molar refractivity (Wildman–Crippen MR) is 33.8 cm³/mol. The average Bonchev–Trinajstić information content (AvgIpc) is 1.98. The number of nitrogens with two attached hydrogens (primary N) is 1. The molecule has 4 atom stereocenters. The monoisotopic (exact) mass is 131 g/mol. The zero-order valence-corrected chi connectivity index (χ0v) is 5.49. The molecule has 0 aromatic carbocycles. The van der Waals surface area contributed by atoms with Crippen LogP contribution in [0.5, 0.6) is 0 Å². The Morgan fingerprint density at radius 2 is 1.89 bits per heavy atom. The van der Waals surface area contributed by atoms with Crippen molar-refractivity contribution in [3.05, 3.63) is 0 Å². The van der Waals surface area contributed by atoms with Crippen molar-refractivity contribution in [2.24, 2.45) is 11.7 Å². The van der Waals surface area contributed by atoms with E-state index in [1.54, 1.807) is 0 Å². The quantitative estimate of drug-likeness (QED) is 0.398. The summed E-state index contributed by atoms with van der Waals surface area (Å²) in [5.74, 6) is 0.148. The van der Waals surface area contributed by atoms with Crippen molar-refractivity contribution in [1.82, 2.24) is 0 Å². The molecule has 0 aromatic heterocycles. The van der Waals surface area contributed by atoms with Gasteiger partial charge in [0.1, 0.15) is 0 Å². The van der Waals surface area contributed by atoms with Crippen molar-refractivity contribution in [1.29, 1.82) is 0 Å². The molecule has 54 valence electrons. The summed E-state index contributed by atoms with van der Waals surface area (Å²) in [6.07, 6.45) is -0.595. The lowest BCUT2D eigenvalue weighted by atomic mass is 10.1. The standard InChI is InChI=1S/C6H13NO2/c1-3-2-4(7)6(9)5(3)8/h3-6,8-9H,2,7H2,1H3/t3-,4+,5+,6-/m0/s1. The number of hydrogen-bond donors (Lipinski definition) is 3. The van der Waals surface area contributed by atoms with Crippen molar-refractivity contribution in [2.45, 2.75) is 31.6 Å². The first-order valence-electron chi connectivity index (χ1n) is 3.24. The van der Waals surface area contributed by atoms with Gasteiger partial charge >= 0.3 is 0 Å². The van der Waals surface area contributed by atoms with E-state index in [1.807, 2.05) is 6.92 Å². The molecule has 1 aliphatic carbocycles. The lowest BCUT2D eigenvalue weighted by molar-refractivity contribution is 0.0190. The van der Waals surface area contributed by atoms with Gasteiger partial charge in [0.2, 0.25) is 0 Å². The molecule has 1 saturated carbocycles. The van der Waals surface area contributed by atoms with E-state index in [0.29, 0.717) is 0 Å². The molecule has 0 unspecified atom stereocenters. The second-order valence-corrected chi connectivity index (χ2v) is 2.86. The summed E-state index contributed by atoms with van der Waals surface area (Å²) < 4.78 is 0. The molecular formula is C6H13NO2. The summed E-state index contributed by atoms with van der Waals surface area (Å²) in [7, 11) is 0. The molecule has 0 heterocycles. The first-order chi connectivity index (χ1) is 4.13. The van der Waals surface area contributed by atoms with Crippen molar-refractivity contribution in [2.75, 3.05) is 0 Å². The third-order valence-corrected chi connectivity index (χ3v) is 2.02. The highest BCUT2D eigenvalue weighted by Gasteiger charge is 2.36. The summed E-state index contributed by atoms with van der Waals surface area (Å²) in [6, 6.07) is -0.227. The van der Waals surface area contributed by atoms with Gasteiger partial charge in [-0.05, 0) is 12.3 Å². The molecule has 9 heavy (non-hydrogen) atoms. The fraction of sp³-hybridized carbons (Fsp3) is 1.00. The fourth-order valence-electron chi connectivity index (χ4n) is 1.30. The Morgan fingerprint density at radius 3 is 2.00 bits per heavy atom. The van der Waals surface area contributed by atoms with Gasteiger partial charge in [-0.25, -0.2) is 0 Å². The highest BCUT2D eigenvalue weighted by Crippen LogP contribution is 2.24. The van der Waals surface area contributed by atoms with E-state index in [0.717, 1.165) is 6.42 Å². The molecule has 1 fully saturated rings. The van der Waals surface area contributed by atoms with E-state index >= 15 is 0 Å². The Bertz CT molecular complexity index is 95.2. The number of rotatable bonds is 0. The van der Waals surface area contributed by atoms with Crippen LogP contribution in [-0.2, 0) is 0 Å². The van der Waals surface area contributed by atoms with Gasteiger partial charge in [-0.1, -0.05) is 6.92 Å². The van der Waals surface area contributed by atoms with E-state index in [9.17, 15) is 0 Å². The summed E-state index contributed by atoms with van der Waals surface area (Å²) >= 11 is 0. The summed E-state index contributed by atoms with van der Waals surface area (Å²) in [4.78, 5) is 0. The Hall–Kier alpha value is -0.120. The zero-order valence-electron chi connectivity index (χ0n) is 5.49. The Morgan fingerprint density at radius 1 is 1.33 bits per heavy atom. The van der Waals surface area contributed by atoms with Crippen LogP contribution in [0.2, 0.25) is 0 Å². The van der Waals surface area contributed by atoms with Crippen LogP contribution in [0.25, 0.3) is 0 Å². The minimum Gasteiger partial charge on any atom is -0.390 e. The van der Waals surface area contributed by atoms with Gasteiger partial charge in [0.15, 0.2) is 0 Å². The maximum Gasteiger partial charge on any atom is 0.0952 e. The number of aliphatic hydroxyl groups excluding tert-OH is 2. The maximum atomic E-state index is 9.11. The highest BCUT2D eigenvalue weighted by atomic mass is 16.3. The Balaban J connectivity index is 2.54. The Labute approximate surface area is 54.5 Å². The van der Waals surface area contributed by atoms with Crippen LogP contribution in [0, 0.1) is 5.92 Å². The third kappa shape index (κ3) is 1.08. The van der Waals surface area contributed by atoms with Crippen LogP contribution in [-0.4, -0.2) is 28.5 Å². The van der Waals surface area contributed by atoms with Gasteiger partial charge in [0.05, 0.1) is 12.2 Å². The molecule has 0 radical (unpaired) electrons. The molecule has 3 nitrogen and oxygen atoms in total. The molecule has 0 aromatic rings. The smallest absolute Gasteiger partial charge is 0.0952 e. The van der Waals surface area contributed by atoms with Crippen molar-refractivity contribution in [3.8, 4) is 0 Å². The second kappa shape index (κ2) is 2.25. The van der Waals surface area contributed by atoms with Crippen LogP contribution < -0.4 is 5.73 Å². The SMILES string of the molecule is C[C@H]1C[C@@H](N)[C@H](O)[C@@H]1O. The van der Waals surface area contributed by atoms with Crippen molar-refractivity contribution >= 4 is 0 Å². The highest BCUT2D eigenvalue weighted by molar-refractivity contribution is 4.91. The van der Waals surface area contributed by atoms with Crippen LogP contribution in [0.3, 0.4) is 0 Å². The lowest BCUT2D eigenvalue weighted by Crippen LogP contribution is -2.35. The minimum absolute atomic E-state index is 0.148. The van der Waals surface area contributed by atoms with Gasteiger partial charge in [0.25, 0.3) is 0 Å². The van der Waals surface area contributed by atoms with Gasteiger partial charge < -0.3 is 15.9 Å². The van der Waals surface area contributed by atoms with E-state index < -0.39 is 12.2 Å². The molecule has 1 rings (SSSR count). The number of aliphatic hydroxyl groups is 2. The average molecular weight is 131 g/mol. The first kappa shape index (κ1) is 6.99. The molecule has 0 spiro atoms. The van der Waals surface area contributed by atoms with Crippen LogP contribution in [0.15, 0.2) is 0 Å².